The summed E-state index contributed by atoms with van der Waals surface area (Å²) in [6.45, 7) is 7.45. The SMILES string of the molecule is CC(C)(N)C(C)(C)C(=O)Nc1ccccc1I. The predicted octanol–water partition coefficient (Wildman–Crippen LogP) is 2.99. The zero-order valence-corrected chi connectivity index (χ0v) is 12.8. The summed E-state index contributed by atoms with van der Waals surface area (Å²) in [6.07, 6.45) is 0. The van der Waals surface area contributed by atoms with E-state index in [1.54, 1.807) is 0 Å². The van der Waals surface area contributed by atoms with E-state index >= 15 is 0 Å². The standard InChI is InChI=1S/C13H19IN2O/c1-12(2,13(3,4)15)11(17)16-10-8-6-5-7-9(10)14/h5-8H,15H2,1-4H3,(H,16,17). The molecule has 0 aliphatic heterocycles. The number of hydrogen-bond acceptors (Lipinski definition) is 2. The van der Waals surface area contributed by atoms with Gasteiger partial charge < -0.3 is 11.1 Å². The van der Waals surface area contributed by atoms with Crippen LogP contribution in [-0.2, 0) is 4.79 Å². The van der Waals surface area contributed by atoms with Gasteiger partial charge in [-0.3, -0.25) is 4.79 Å². The number of halogens is 1. The molecule has 17 heavy (non-hydrogen) atoms. The molecule has 0 aromatic heterocycles. The van der Waals surface area contributed by atoms with Crippen LogP contribution in [0.4, 0.5) is 5.69 Å². The van der Waals surface area contributed by atoms with Crippen molar-refractivity contribution in [3.05, 3.63) is 27.8 Å². The first-order valence-electron chi connectivity index (χ1n) is 5.51. The van der Waals surface area contributed by atoms with Crippen LogP contribution in [0.3, 0.4) is 0 Å². The van der Waals surface area contributed by atoms with Gasteiger partial charge in [-0.1, -0.05) is 12.1 Å². The number of nitrogens with two attached hydrogens (primary N) is 1. The Kier molecular flexibility index (Phi) is 4.19. The van der Waals surface area contributed by atoms with E-state index in [4.69, 9.17) is 5.73 Å². The molecular weight excluding hydrogens is 327 g/mol. The summed E-state index contributed by atoms with van der Waals surface area (Å²) in [5.74, 6) is -0.0610. The third-order valence-corrected chi connectivity index (χ3v) is 4.24. The van der Waals surface area contributed by atoms with E-state index < -0.39 is 11.0 Å². The number of carbonyl (C=O) groups excluding carboxylic acids is 1. The lowest BCUT2D eigenvalue weighted by Crippen LogP contribution is -2.53. The fourth-order valence-corrected chi connectivity index (χ4v) is 1.66. The van der Waals surface area contributed by atoms with Crippen molar-refractivity contribution in [2.75, 3.05) is 5.32 Å². The number of anilines is 1. The van der Waals surface area contributed by atoms with Crippen molar-refractivity contribution in [2.45, 2.75) is 33.2 Å². The van der Waals surface area contributed by atoms with E-state index in [0.29, 0.717) is 0 Å². The minimum atomic E-state index is -0.633. The quantitative estimate of drug-likeness (QED) is 0.827. The zero-order chi connectivity index (χ0) is 13.3. The maximum absolute atomic E-state index is 12.2. The number of nitrogens with one attached hydrogen (secondary N) is 1. The van der Waals surface area contributed by atoms with Crippen LogP contribution in [0, 0.1) is 8.99 Å². The molecule has 0 atom stereocenters. The lowest BCUT2D eigenvalue weighted by atomic mass is 9.74. The molecule has 1 rings (SSSR count). The monoisotopic (exact) mass is 346 g/mol. The highest BCUT2D eigenvalue weighted by atomic mass is 127. The van der Waals surface area contributed by atoms with E-state index in [-0.39, 0.29) is 5.91 Å². The Morgan fingerprint density at radius 1 is 1.24 bits per heavy atom. The average molecular weight is 346 g/mol. The highest BCUT2D eigenvalue weighted by molar-refractivity contribution is 14.1. The van der Waals surface area contributed by atoms with Crippen molar-refractivity contribution in [1.29, 1.82) is 0 Å². The number of para-hydroxylation sites is 1. The van der Waals surface area contributed by atoms with Gasteiger partial charge in [0.15, 0.2) is 0 Å². The molecule has 0 radical (unpaired) electrons. The minimum absolute atomic E-state index is 0.0610. The molecule has 1 aromatic rings. The van der Waals surface area contributed by atoms with E-state index in [2.05, 4.69) is 27.9 Å². The predicted molar refractivity (Wildman–Crippen MR) is 79.8 cm³/mol. The Hall–Kier alpha value is -0.620. The van der Waals surface area contributed by atoms with Gasteiger partial charge in [0.2, 0.25) is 5.91 Å². The molecule has 0 aliphatic carbocycles. The highest BCUT2D eigenvalue weighted by Gasteiger charge is 2.40. The van der Waals surface area contributed by atoms with Crippen LogP contribution < -0.4 is 11.1 Å². The van der Waals surface area contributed by atoms with Gasteiger partial charge in [-0.05, 0) is 62.4 Å². The van der Waals surface area contributed by atoms with Crippen molar-refractivity contribution in [2.24, 2.45) is 11.1 Å². The van der Waals surface area contributed by atoms with Crippen LogP contribution in [0.25, 0.3) is 0 Å². The van der Waals surface area contributed by atoms with Crippen LogP contribution >= 0.6 is 22.6 Å². The second-order valence-corrected chi connectivity index (χ2v) is 6.44. The molecule has 3 N–H and O–H groups in total. The van der Waals surface area contributed by atoms with Gasteiger partial charge >= 0.3 is 0 Å². The molecule has 4 heteroatoms. The van der Waals surface area contributed by atoms with E-state index in [1.807, 2.05) is 52.0 Å². The summed E-state index contributed by atoms with van der Waals surface area (Å²) < 4.78 is 1.02. The second kappa shape index (κ2) is 4.94. The molecule has 0 heterocycles. The summed E-state index contributed by atoms with van der Waals surface area (Å²) in [5, 5.41) is 2.93. The van der Waals surface area contributed by atoms with Gasteiger partial charge in [0, 0.05) is 9.11 Å². The average Bonchev–Trinajstić information content (AvgIpc) is 2.19. The molecule has 3 nitrogen and oxygen atoms in total. The van der Waals surface area contributed by atoms with Crippen LogP contribution in [0.5, 0.6) is 0 Å². The molecule has 1 amide bonds. The summed E-state index contributed by atoms with van der Waals surface area (Å²) in [5.41, 5.74) is 5.67. The van der Waals surface area contributed by atoms with Gasteiger partial charge in [-0.25, -0.2) is 0 Å². The van der Waals surface area contributed by atoms with Gasteiger partial charge in [0.05, 0.1) is 11.1 Å². The number of rotatable bonds is 3. The van der Waals surface area contributed by atoms with E-state index in [0.717, 1.165) is 9.26 Å². The first-order chi connectivity index (χ1) is 7.66. The molecule has 0 fully saturated rings. The zero-order valence-electron chi connectivity index (χ0n) is 10.7. The van der Waals surface area contributed by atoms with Gasteiger partial charge in [-0.15, -0.1) is 0 Å². The number of hydrogen-bond donors (Lipinski definition) is 2. The van der Waals surface area contributed by atoms with Crippen molar-refractivity contribution >= 4 is 34.2 Å². The topological polar surface area (TPSA) is 55.1 Å². The number of carbonyl (C=O) groups is 1. The molecular formula is C13H19IN2O. The lowest BCUT2D eigenvalue weighted by Gasteiger charge is -2.36. The molecule has 0 unspecified atom stereocenters. The molecule has 0 spiro atoms. The van der Waals surface area contributed by atoms with Crippen molar-refractivity contribution < 1.29 is 4.79 Å². The molecule has 0 bridgehead atoms. The van der Waals surface area contributed by atoms with E-state index in [1.165, 1.54) is 0 Å². The Morgan fingerprint density at radius 2 is 1.76 bits per heavy atom. The second-order valence-electron chi connectivity index (χ2n) is 5.28. The Morgan fingerprint density at radius 3 is 2.24 bits per heavy atom. The molecule has 0 aliphatic rings. The summed E-state index contributed by atoms with van der Waals surface area (Å²) in [7, 11) is 0. The van der Waals surface area contributed by atoms with Crippen LogP contribution in [0.1, 0.15) is 27.7 Å². The maximum Gasteiger partial charge on any atom is 0.231 e. The lowest BCUT2D eigenvalue weighted by molar-refractivity contribution is -0.126. The largest absolute Gasteiger partial charge is 0.325 e. The van der Waals surface area contributed by atoms with Gasteiger partial charge in [-0.2, -0.15) is 0 Å². The molecule has 1 aromatic carbocycles. The van der Waals surface area contributed by atoms with Gasteiger partial charge in [0.25, 0.3) is 0 Å². The van der Waals surface area contributed by atoms with Crippen LogP contribution in [-0.4, -0.2) is 11.4 Å². The Labute approximate surface area is 116 Å². The summed E-state index contributed by atoms with van der Waals surface area (Å²) in [6, 6.07) is 7.68. The van der Waals surface area contributed by atoms with Crippen molar-refractivity contribution in [1.82, 2.24) is 0 Å². The number of amides is 1. The molecule has 0 saturated carbocycles. The Balaban J connectivity index is 2.91. The van der Waals surface area contributed by atoms with Crippen molar-refractivity contribution in [3.63, 3.8) is 0 Å². The minimum Gasteiger partial charge on any atom is -0.325 e. The first-order valence-corrected chi connectivity index (χ1v) is 6.59. The third kappa shape index (κ3) is 3.19. The maximum atomic E-state index is 12.2. The number of benzene rings is 1. The summed E-state index contributed by atoms with van der Waals surface area (Å²) >= 11 is 2.20. The molecule has 94 valence electrons. The highest BCUT2D eigenvalue weighted by Crippen LogP contribution is 2.30. The van der Waals surface area contributed by atoms with Crippen LogP contribution in [0.2, 0.25) is 0 Å². The fraction of sp³-hybridized carbons (Fsp3) is 0.462. The Bertz CT molecular complexity index is 422. The smallest absolute Gasteiger partial charge is 0.231 e. The summed E-state index contributed by atoms with van der Waals surface area (Å²) in [4.78, 5) is 12.2. The normalized spacial score (nSPS) is 12.4. The van der Waals surface area contributed by atoms with Crippen molar-refractivity contribution in [3.8, 4) is 0 Å². The van der Waals surface area contributed by atoms with Gasteiger partial charge in [0.1, 0.15) is 0 Å². The van der Waals surface area contributed by atoms with E-state index in [9.17, 15) is 4.79 Å². The third-order valence-electron chi connectivity index (χ3n) is 3.30. The molecule has 0 saturated heterocycles. The van der Waals surface area contributed by atoms with Crippen LogP contribution in [0.15, 0.2) is 24.3 Å². The first kappa shape index (κ1) is 14.4. The fourth-order valence-electron chi connectivity index (χ4n) is 1.13.